The highest BCUT2D eigenvalue weighted by atomic mass is 32.1. The van der Waals surface area contributed by atoms with E-state index >= 15 is 0 Å². The molecule has 33 heavy (non-hydrogen) atoms. The van der Waals surface area contributed by atoms with Crippen LogP contribution in [0.1, 0.15) is 34.2 Å². The average Bonchev–Trinajstić information content (AvgIpc) is 3.55. The number of H-pyrrole nitrogens is 1. The third kappa shape index (κ3) is 7.18. The first-order valence-electron chi connectivity index (χ1n) is 10.1. The molecular formula is C19H20N10O2S2. The van der Waals surface area contributed by atoms with Gasteiger partial charge in [0.2, 0.25) is 22.1 Å². The molecule has 0 bridgehead atoms. The molecule has 0 radical (unpaired) electrons. The van der Waals surface area contributed by atoms with Crippen LogP contribution in [0.5, 0.6) is 0 Å². The number of nitrogens with zero attached hydrogens (tertiary/aromatic N) is 7. The Kier molecular flexibility index (Phi) is 7.71. The van der Waals surface area contributed by atoms with E-state index in [0.29, 0.717) is 22.5 Å². The Morgan fingerprint density at radius 2 is 1.39 bits per heavy atom. The minimum absolute atomic E-state index is 0.0401. The predicted octanol–water partition coefficient (Wildman–Crippen LogP) is 1.83. The first-order chi connectivity index (χ1) is 16.1. The van der Waals surface area contributed by atoms with Gasteiger partial charge in [-0.1, -0.05) is 53.0 Å². The van der Waals surface area contributed by atoms with Gasteiger partial charge < -0.3 is 10.6 Å². The first kappa shape index (κ1) is 22.5. The number of benzene rings is 1. The van der Waals surface area contributed by atoms with Gasteiger partial charge >= 0.3 is 0 Å². The van der Waals surface area contributed by atoms with Crippen molar-refractivity contribution in [1.82, 2.24) is 41.0 Å². The van der Waals surface area contributed by atoms with Gasteiger partial charge in [0.1, 0.15) is 10.0 Å². The maximum Gasteiger partial charge on any atom is 0.233 e. The van der Waals surface area contributed by atoms with Gasteiger partial charge in [-0.15, -0.1) is 25.5 Å². The van der Waals surface area contributed by atoms with Crippen molar-refractivity contribution in [3.63, 3.8) is 0 Å². The summed E-state index contributed by atoms with van der Waals surface area (Å²) >= 11 is 2.73. The quantitative estimate of drug-likeness (QED) is 0.269. The van der Waals surface area contributed by atoms with E-state index in [1.807, 2.05) is 30.3 Å². The van der Waals surface area contributed by atoms with Gasteiger partial charge in [0.25, 0.3) is 0 Å². The molecule has 3 N–H and O–H groups in total. The summed E-state index contributed by atoms with van der Waals surface area (Å²) in [7, 11) is 0. The van der Waals surface area contributed by atoms with E-state index in [1.165, 1.54) is 22.7 Å². The number of rotatable bonds is 11. The topological polar surface area (TPSA) is 164 Å². The van der Waals surface area contributed by atoms with Crippen LogP contribution in [0.25, 0.3) is 0 Å². The molecule has 12 nitrogen and oxygen atoms in total. The second-order valence-corrected chi connectivity index (χ2v) is 9.12. The van der Waals surface area contributed by atoms with Crippen LogP contribution in [0.3, 0.4) is 0 Å². The molecule has 0 aliphatic heterocycles. The van der Waals surface area contributed by atoms with E-state index in [4.69, 9.17) is 0 Å². The Bertz CT molecular complexity index is 1180. The monoisotopic (exact) mass is 484 g/mol. The highest BCUT2D eigenvalue weighted by Gasteiger charge is 2.12. The molecule has 1 aromatic carbocycles. The molecule has 14 heteroatoms. The molecule has 3 heterocycles. The molecule has 0 fully saturated rings. The van der Waals surface area contributed by atoms with Crippen LogP contribution < -0.4 is 10.6 Å². The summed E-state index contributed by atoms with van der Waals surface area (Å²) in [5.74, 6) is 0.00701. The Balaban J connectivity index is 1.14. The molecule has 0 aliphatic carbocycles. The third-order valence-electron chi connectivity index (χ3n) is 4.38. The predicted molar refractivity (Wildman–Crippen MR) is 122 cm³/mol. The number of unbranched alkanes of at least 4 members (excludes halogenated alkanes) is 1. The zero-order chi connectivity index (χ0) is 22.9. The van der Waals surface area contributed by atoms with Crippen molar-refractivity contribution >= 4 is 44.8 Å². The Labute approximate surface area is 196 Å². The number of aromatic nitrogens is 8. The lowest BCUT2D eigenvalue weighted by Gasteiger charge is -2.00. The number of carbonyl (C=O) groups excluding carboxylic acids is 2. The number of amides is 2. The summed E-state index contributed by atoms with van der Waals surface area (Å²) in [6.07, 6.45) is 3.64. The number of tetrazole rings is 1. The van der Waals surface area contributed by atoms with E-state index in [1.54, 1.807) is 0 Å². The van der Waals surface area contributed by atoms with Crippen LogP contribution in [-0.4, -0.2) is 52.8 Å². The summed E-state index contributed by atoms with van der Waals surface area (Å²) in [5.41, 5.74) is 0.950. The molecule has 170 valence electrons. The van der Waals surface area contributed by atoms with Crippen molar-refractivity contribution in [2.24, 2.45) is 0 Å². The normalized spacial score (nSPS) is 10.8. The van der Waals surface area contributed by atoms with Gasteiger partial charge in [0.05, 0.1) is 12.8 Å². The lowest BCUT2D eigenvalue weighted by atomic mass is 10.1. The highest BCUT2D eigenvalue weighted by Crippen LogP contribution is 2.20. The molecule has 0 atom stereocenters. The van der Waals surface area contributed by atoms with E-state index in [0.717, 1.165) is 41.3 Å². The molecule has 0 saturated heterocycles. The number of anilines is 2. The zero-order valence-corrected chi connectivity index (χ0v) is 19.0. The van der Waals surface area contributed by atoms with Gasteiger partial charge in [0, 0.05) is 12.8 Å². The van der Waals surface area contributed by atoms with Crippen molar-refractivity contribution < 1.29 is 9.59 Å². The van der Waals surface area contributed by atoms with Crippen molar-refractivity contribution in [1.29, 1.82) is 0 Å². The molecule has 0 spiro atoms. The molecule has 0 saturated carbocycles. The highest BCUT2D eigenvalue weighted by molar-refractivity contribution is 7.15. The van der Waals surface area contributed by atoms with Crippen molar-refractivity contribution in [2.45, 2.75) is 38.5 Å². The van der Waals surface area contributed by atoms with Crippen LogP contribution in [0.2, 0.25) is 0 Å². The molecular weight excluding hydrogens is 464 g/mol. The molecule has 4 rings (SSSR count). The maximum absolute atomic E-state index is 12.1. The first-order valence-corrected chi connectivity index (χ1v) is 11.8. The number of hydrogen-bond acceptors (Lipinski definition) is 11. The smallest absolute Gasteiger partial charge is 0.233 e. The minimum Gasteiger partial charge on any atom is -0.300 e. The van der Waals surface area contributed by atoms with Gasteiger partial charge in [0.15, 0.2) is 5.82 Å². The number of aromatic amines is 1. The fourth-order valence-corrected chi connectivity index (χ4v) is 4.47. The fraction of sp³-hybridized carbons (Fsp3) is 0.316. The molecule has 3 aromatic heterocycles. The SMILES string of the molecule is O=C(Cc1ccccc1)Nc1nnc(CCCCc2nnc(NC(=O)Cc3nnn[nH]3)s2)s1. The molecule has 2 amide bonds. The van der Waals surface area contributed by atoms with E-state index in [2.05, 4.69) is 51.7 Å². The zero-order valence-electron chi connectivity index (χ0n) is 17.4. The summed E-state index contributed by atoms with van der Waals surface area (Å²) < 4.78 is 0. The van der Waals surface area contributed by atoms with Gasteiger partial charge in [-0.25, -0.2) is 5.10 Å². The van der Waals surface area contributed by atoms with Crippen LogP contribution in [-0.2, 0) is 35.3 Å². The van der Waals surface area contributed by atoms with Crippen LogP contribution in [0.4, 0.5) is 10.3 Å². The Morgan fingerprint density at radius 1 is 0.788 bits per heavy atom. The Hall–Kier alpha value is -3.65. The van der Waals surface area contributed by atoms with E-state index in [-0.39, 0.29) is 18.2 Å². The summed E-state index contributed by atoms with van der Waals surface area (Å²) in [5, 5.41) is 37.5. The van der Waals surface area contributed by atoms with Crippen LogP contribution >= 0.6 is 22.7 Å². The van der Waals surface area contributed by atoms with Crippen LogP contribution in [0, 0.1) is 0 Å². The fourth-order valence-electron chi connectivity index (χ4n) is 2.88. The van der Waals surface area contributed by atoms with Crippen molar-refractivity contribution in [3.8, 4) is 0 Å². The molecule has 4 aromatic rings. The second-order valence-electron chi connectivity index (χ2n) is 6.99. The summed E-state index contributed by atoms with van der Waals surface area (Å²) in [6.45, 7) is 0. The van der Waals surface area contributed by atoms with Gasteiger partial charge in [-0.2, -0.15) is 0 Å². The molecule has 0 aliphatic rings. The lowest BCUT2D eigenvalue weighted by Crippen LogP contribution is -2.15. The van der Waals surface area contributed by atoms with E-state index in [9.17, 15) is 9.59 Å². The van der Waals surface area contributed by atoms with Gasteiger partial charge in [-0.05, 0) is 28.8 Å². The third-order valence-corrected chi connectivity index (χ3v) is 6.18. The summed E-state index contributed by atoms with van der Waals surface area (Å²) in [4.78, 5) is 24.1. The summed E-state index contributed by atoms with van der Waals surface area (Å²) in [6, 6.07) is 9.55. The van der Waals surface area contributed by atoms with Gasteiger partial charge in [-0.3, -0.25) is 9.59 Å². The van der Waals surface area contributed by atoms with E-state index < -0.39 is 0 Å². The number of carbonyl (C=O) groups is 2. The van der Waals surface area contributed by atoms with Crippen molar-refractivity contribution in [2.75, 3.05) is 10.6 Å². The lowest BCUT2D eigenvalue weighted by molar-refractivity contribution is -0.116. The number of hydrogen-bond donors (Lipinski definition) is 3. The van der Waals surface area contributed by atoms with Crippen LogP contribution in [0.15, 0.2) is 30.3 Å². The number of nitrogens with one attached hydrogen (secondary N) is 3. The maximum atomic E-state index is 12.1. The average molecular weight is 485 g/mol. The number of aryl methyl sites for hydroxylation is 2. The largest absolute Gasteiger partial charge is 0.300 e. The minimum atomic E-state index is -0.265. The second kappa shape index (κ2) is 11.3. The van der Waals surface area contributed by atoms with Crippen molar-refractivity contribution in [3.05, 3.63) is 51.7 Å². The standard InChI is InChI=1S/C19H20N10O2S2/c30-14(10-12-6-2-1-3-7-12)20-18-26-24-16(32-18)8-4-5-9-17-25-27-19(33-17)21-15(31)11-13-22-28-29-23-13/h1-3,6-7H,4-5,8-11H2,(H,20,26,30)(H,21,27,31)(H,22,23,28,29). The Morgan fingerprint density at radius 3 is 1.97 bits per heavy atom. The molecule has 0 unspecified atom stereocenters.